The molecule has 0 unspecified atom stereocenters. The minimum Gasteiger partial charge on any atom is -0.426 e. The van der Waals surface area contributed by atoms with Gasteiger partial charge in [0.2, 0.25) is 11.8 Å². The van der Waals surface area contributed by atoms with E-state index in [-0.39, 0.29) is 12.4 Å². The molecule has 140 valence electrons. The number of carbonyl (C=O) groups is 1. The van der Waals surface area contributed by atoms with Crippen LogP contribution in [0.3, 0.4) is 0 Å². The Balaban J connectivity index is 1.36. The fourth-order valence-electron chi connectivity index (χ4n) is 2.81. The second kappa shape index (κ2) is 8.63. The van der Waals surface area contributed by atoms with Gasteiger partial charge in [-0.3, -0.25) is 4.79 Å². The van der Waals surface area contributed by atoms with Gasteiger partial charge < -0.3 is 9.15 Å². The fraction of sp³-hybridized carbons (Fsp3) is 0.136. The molecule has 0 N–H and O–H groups in total. The van der Waals surface area contributed by atoms with E-state index < -0.39 is 0 Å². The van der Waals surface area contributed by atoms with Crippen LogP contribution in [0.5, 0.6) is 5.75 Å². The van der Waals surface area contributed by atoms with Crippen LogP contribution in [0.4, 0.5) is 0 Å². The van der Waals surface area contributed by atoms with Gasteiger partial charge >= 0.3 is 5.97 Å². The number of aromatic nitrogens is 2. The number of ether oxygens (including phenoxy) is 1. The molecule has 2 aromatic heterocycles. The molecule has 0 spiro atoms. The van der Waals surface area contributed by atoms with Crippen LogP contribution in [0.25, 0.3) is 11.5 Å². The Morgan fingerprint density at radius 2 is 1.82 bits per heavy atom. The van der Waals surface area contributed by atoms with Gasteiger partial charge in [0.1, 0.15) is 5.75 Å². The van der Waals surface area contributed by atoms with Crippen LogP contribution in [-0.2, 0) is 17.6 Å². The first-order valence-corrected chi connectivity index (χ1v) is 9.89. The highest BCUT2D eigenvalue weighted by atomic mass is 32.1. The van der Waals surface area contributed by atoms with Gasteiger partial charge in [-0.25, -0.2) is 0 Å². The van der Waals surface area contributed by atoms with E-state index in [1.54, 1.807) is 11.3 Å². The van der Waals surface area contributed by atoms with Gasteiger partial charge in [-0.2, -0.15) is 11.3 Å². The molecule has 0 atom stereocenters. The first-order valence-electron chi connectivity index (χ1n) is 8.95. The SMILES string of the molecule is O=C(CCc1nnc(-c2ccsc2)o1)Oc1ccccc1Cc1ccccc1. The van der Waals surface area contributed by atoms with Crippen LogP contribution in [-0.4, -0.2) is 16.2 Å². The Morgan fingerprint density at radius 3 is 2.64 bits per heavy atom. The van der Waals surface area contributed by atoms with Gasteiger partial charge in [0.25, 0.3) is 0 Å². The fourth-order valence-corrected chi connectivity index (χ4v) is 3.44. The zero-order chi connectivity index (χ0) is 19.2. The molecule has 2 heterocycles. The van der Waals surface area contributed by atoms with E-state index in [1.165, 1.54) is 0 Å². The molecule has 6 heteroatoms. The first-order chi connectivity index (χ1) is 13.8. The van der Waals surface area contributed by atoms with Crippen molar-refractivity contribution < 1.29 is 13.9 Å². The molecule has 0 saturated carbocycles. The number of thiophene rings is 1. The van der Waals surface area contributed by atoms with Crippen molar-refractivity contribution in [3.8, 4) is 17.2 Å². The molecule has 0 amide bonds. The summed E-state index contributed by atoms with van der Waals surface area (Å²) in [6.07, 6.45) is 1.22. The molecule has 4 rings (SSSR count). The Bertz CT molecular complexity index is 1040. The highest BCUT2D eigenvalue weighted by Crippen LogP contribution is 2.23. The van der Waals surface area contributed by atoms with Crippen molar-refractivity contribution in [1.29, 1.82) is 0 Å². The quantitative estimate of drug-likeness (QED) is 0.331. The Kier molecular flexibility index (Phi) is 5.58. The monoisotopic (exact) mass is 390 g/mol. The molecule has 0 radical (unpaired) electrons. The molecule has 0 aliphatic carbocycles. The molecular weight excluding hydrogens is 372 g/mol. The molecule has 0 saturated heterocycles. The van der Waals surface area contributed by atoms with Crippen molar-refractivity contribution in [2.75, 3.05) is 0 Å². The molecule has 28 heavy (non-hydrogen) atoms. The number of hydrogen-bond donors (Lipinski definition) is 0. The Labute approximate surface area is 166 Å². The van der Waals surface area contributed by atoms with Gasteiger partial charge in [0, 0.05) is 23.8 Å². The topological polar surface area (TPSA) is 65.2 Å². The summed E-state index contributed by atoms with van der Waals surface area (Å²) in [5.74, 6) is 1.16. The van der Waals surface area contributed by atoms with E-state index in [9.17, 15) is 4.79 Å². The number of aryl methyl sites for hydroxylation is 1. The van der Waals surface area contributed by atoms with Gasteiger partial charge in [0.15, 0.2) is 0 Å². The standard InChI is InChI=1S/C22H18N2O3S/c25-21(11-10-20-23-24-22(27-20)18-12-13-28-15-18)26-19-9-5-4-8-17(19)14-16-6-2-1-3-7-16/h1-9,12-13,15H,10-11,14H2. The van der Waals surface area contributed by atoms with Crippen molar-refractivity contribution in [3.05, 3.63) is 88.4 Å². The third-order valence-corrected chi connectivity index (χ3v) is 4.89. The van der Waals surface area contributed by atoms with Crippen LogP contribution in [0, 0.1) is 0 Å². The number of para-hydroxylation sites is 1. The third-order valence-electron chi connectivity index (χ3n) is 4.21. The Hall–Kier alpha value is -3.25. The number of rotatable bonds is 7. The summed E-state index contributed by atoms with van der Waals surface area (Å²) in [5, 5.41) is 11.9. The van der Waals surface area contributed by atoms with E-state index in [2.05, 4.69) is 22.3 Å². The average Bonchev–Trinajstić information content (AvgIpc) is 3.40. The third kappa shape index (κ3) is 4.53. The molecular formula is C22H18N2O3S. The molecule has 0 aliphatic rings. The lowest BCUT2D eigenvalue weighted by molar-refractivity contribution is -0.134. The van der Waals surface area contributed by atoms with E-state index in [4.69, 9.17) is 9.15 Å². The predicted molar refractivity (Wildman–Crippen MR) is 107 cm³/mol. The lowest BCUT2D eigenvalue weighted by Gasteiger charge is -2.10. The lowest BCUT2D eigenvalue weighted by atomic mass is 10.0. The number of carbonyl (C=O) groups excluding carboxylic acids is 1. The number of esters is 1. The molecule has 4 aromatic rings. The van der Waals surface area contributed by atoms with Crippen molar-refractivity contribution in [1.82, 2.24) is 10.2 Å². The van der Waals surface area contributed by atoms with Crippen LogP contribution < -0.4 is 4.74 Å². The zero-order valence-corrected chi connectivity index (χ0v) is 15.9. The van der Waals surface area contributed by atoms with Crippen molar-refractivity contribution in [2.45, 2.75) is 19.3 Å². The minimum atomic E-state index is -0.323. The second-order valence-corrected chi connectivity index (χ2v) is 7.04. The molecule has 0 aliphatic heterocycles. The van der Waals surface area contributed by atoms with Crippen LogP contribution in [0.15, 0.2) is 75.8 Å². The smallest absolute Gasteiger partial charge is 0.311 e. The molecule has 2 aromatic carbocycles. The van der Waals surface area contributed by atoms with E-state index >= 15 is 0 Å². The predicted octanol–water partition coefficient (Wildman–Crippen LogP) is 4.93. The van der Waals surface area contributed by atoms with Gasteiger partial charge in [-0.1, -0.05) is 48.5 Å². The summed E-state index contributed by atoms with van der Waals surface area (Å²) in [4.78, 5) is 12.3. The average molecular weight is 390 g/mol. The maximum Gasteiger partial charge on any atom is 0.311 e. The van der Waals surface area contributed by atoms with Crippen molar-refractivity contribution >= 4 is 17.3 Å². The van der Waals surface area contributed by atoms with E-state index in [0.717, 1.165) is 16.7 Å². The molecule has 0 fully saturated rings. The van der Waals surface area contributed by atoms with E-state index in [0.29, 0.717) is 30.4 Å². The van der Waals surface area contributed by atoms with E-state index in [1.807, 2.05) is 59.3 Å². The number of benzene rings is 2. The number of hydrogen-bond acceptors (Lipinski definition) is 6. The second-order valence-electron chi connectivity index (χ2n) is 6.26. The van der Waals surface area contributed by atoms with Crippen LogP contribution >= 0.6 is 11.3 Å². The van der Waals surface area contributed by atoms with Gasteiger partial charge in [-0.15, -0.1) is 10.2 Å². The van der Waals surface area contributed by atoms with Gasteiger partial charge in [-0.05, 0) is 28.6 Å². The van der Waals surface area contributed by atoms with Crippen LogP contribution in [0.1, 0.15) is 23.4 Å². The summed E-state index contributed by atoms with van der Waals surface area (Å²) < 4.78 is 11.2. The number of nitrogens with zero attached hydrogens (tertiary/aromatic N) is 2. The summed E-state index contributed by atoms with van der Waals surface area (Å²) in [6.45, 7) is 0. The van der Waals surface area contributed by atoms with Crippen molar-refractivity contribution in [3.63, 3.8) is 0 Å². The summed E-state index contributed by atoms with van der Waals surface area (Å²) in [7, 11) is 0. The summed E-state index contributed by atoms with van der Waals surface area (Å²) >= 11 is 1.56. The first kappa shape index (κ1) is 18.1. The summed E-state index contributed by atoms with van der Waals surface area (Å²) in [5.41, 5.74) is 3.03. The van der Waals surface area contributed by atoms with Crippen molar-refractivity contribution in [2.24, 2.45) is 0 Å². The highest BCUT2D eigenvalue weighted by Gasteiger charge is 2.13. The summed E-state index contributed by atoms with van der Waals surface area (Å²) in [6, 6.07) is 19.6. The maximum atomic E-state index is 12.3. The molecule has 5 nitrogen and oxygen atoms in total. The molecule has 0 bridgehead atoms. The van der Waals surface area contributed by atoms with Gasteiger partial charge in [0.05, 0.1) is 6.42 Å². The maximum absolute atomic E-state index is 12.3. The zero-order valence-electron chi connectivity index (χ0n) is 15.1. The normalized spacial score (nSPS) is 10.7. The highest BCUT2D eigenvalue weighted by molar-refractivity contribution is 7.08. The van der Waals surface area contributed by atoms with Crippen LogP contribution in [0.2, 0.25) is 0 Å². The largest absolute Gasteiger partial charge is 0.426 e. The Morgan fingerprint density at radius 1 is 1.00 bits per heavy atom. The minimum absolute atomic E-state index is 0.172. The lowest BCUT2D eigenvalue weighted by Crippen LogP contribution is -2.10.